The van der Waals surface area contributed by atoms with Crippen molar-refractivity contribution in [3.8, 4) is 0 Å². The zero-order valence-corrected chi connectivity index (χ0v) is 10.5. The highest BCUT2D eigenvalue weighted by Crippen LogP contribution is 2.51. The monoisotopic (exact) mass is 230 g/mol. The Morgan fingerprint density at radius 3 is 2.44 bits per heavy atom. The topological polar surface area (TPSA) is 47.9 Å². The van der Waals surface area contributed by atoms with Gasteiger partial charge in [0.05, 0.1) is 6.10 Å². The molecule has 2 fully saturated rings. The van der Waals surface area contributed by atoms with Crippen molar-refractivity contribution >= 4 is 0 Å². The third kappa shape index (κ3) is 1.99. The number of rotatable bonds is 4. The third-order valence-corrected chi connectivity index (χ3v) is 3.96. The van der Waals surface area contributed by atoms with Crippen LogP contribution in [0.4, 0.5) is 0 Å². The molecule has 1 saturated carbocycles. The number of hydrogen-bond donors (Lipinski definition) is 1. The molecule has 0 aromatic heterocycles. The van der Waals surface area contributed by atoms with Crippen LogP contribution in [0.25, 0.3) is 0 Å². The van der Waals surface area contributed by atoms with E-state index in [1.54, 1.807) is 7.11 Å². The zero-order chi connectivity index (χ0) is 12.0. The first kappa shape index (κ1) is 12.3. The lowest BCUT2D eigenvalue weighted by atomic mass is 9.96. The summed E-state index contributed by atoms with van der Waals surface area (Å²) in [6, 6.07) is 0. The van der Waals surface area contributed by atoms with Crippen LogP contribution in [0, 0.1) is 5.41 Å². The van der Waals surface area contributed by atoms with E-state index in [0.29, 0.717) is 0 Å². The van der Waals surface area contributed by atoms with Gasteiger partial charge >= 0.3 is 0 Å². The van der Waals surface area contributed by atoms with Crippen LogP contribution in [0.5, 0.6) is 0 Å². The van der Waals surface area contributed by atoms with Gasteiger partial charge < -0.3 is 19.3 Å². The second kappa shape index (κ2) is 3.95. The van der Waals surface area contributed by atoms with Gasteiger partial charge in [0.15, 0.2) is 12.1 Å². The van der Waals surface area contributed by atoms with Crippen LogP contribution >= 0.6 is 0 Å². The summed E-state index contributed by atoms with van der Waals surface area (Å²) in [6.07, 6.45) is 1.50. The second-order valence-electron chi connectivity index (χ2n) is 5.39. The van der Waals surface area contributed by atoms with Crippen molar-refractivity contribution in [3.63, 3.8) is 0 Å². The average molecular weight is 230 g/mol. The summed E-state index contributed by atoms with van der Waals surface area (Å²) in [7, 11) is 1.59. The van der Waals surface area contributed by atoms with Gasteiger partial charge in [-0.1, -0.05) is 13.8 Å². The van der Waals surface area contributed by atoms with Gasteiger partial charge in [-0.2, -0.15) is 0 Å². The van der Waals surface area contributed by atoms with Crippen LogP contribution < -0.4 is 0 Å². The lowest BCUT2D eigenvalue weighted by Gasteiger charge is -2.26. The van der Waals surface area contributed by atoms with Crippen molar-refractivity contribution in [1.82, 2.24) is 0 Å². The Kier molecular flexibility index (Phi) is 3.03. The number of aliphatic hydroxyl groups excluding tert-OH is 1. The number of methoxy groups -OCH3 is 1. The van der Waals surface area contributed by atoms with Crippen LogP contribution in [-0.4, -0.2) is 36.5 Å². The Bertz CT molecular complexity index is 264. The van der Waals surface area contributed by atoms with E-state index in [1.807, 2.05) is 13.8 Å². The van der Waals surface area contributed by atoms with Crippen molar-refractivity contribution in [2.24, 2.45) is 5.41 Å². The van der Waals surface area contributed by atoms with E-state index in [1.165, 1.54) is 0 Å². The van der Waals surface area contributed by atoms with E-state index in [0.717, 1.165) is 19.3 Å². The summed E-state index contributed by atoms with van der Waals surface area (Å²) in [6.45, 7) is 5.97. The van der Waals surface area contributed by atoms with E-state index >= 15 is 0 Å². The summed E-state index contributed by atoms with van der Waals surface area (Å²) in [4.78, 5) is 0. The molecule has 0 spiro atoms. The molecular weight excluding hydrogens is 208 g/mol. The molecule has 1 aliphatic carbocycles. The van der Waals surface area contributed by atoms with Crippen molar-refractivity contribution in [2.75, 3.05) is 7.11 Å². The van der Waals surface area contributed by atoms with Crippen LogP contribution in [0.3, 0.4) is 0 Å². The fraction of sp³-hybridized carbons (Fsp3) is 1.00. The molecule has 0 aromatic carbocycles. The molecule has 0 radical (unpaired) electrons. The second-order valence-corrected chi connectivity index (χ2v) is 5.39. The van der Waals surface area contributed by atoms with Gasteiger partial charge in [-0.3, -0.25) is 0 Å². The van der Waals surface area contributed by atoms with Crippen LogP contribution in [0.1, 0.15) is 40.0 Å². The van der Waals surface area contributed by atoms with Gasteiger partial charge in [0.2, 0.25) is 0 Å². The summed E-state index contributed by atoms with van der Waals surface area (Å²) in [5, 5.41) is 10.3. The highest BCUT2D eigenvalue weighted by molar-refractivity contribution is 5.00. The Morgan fingerprint density at radius 1 is 1.38 bits per heavy atom. The molecule has 1 aliphatic heterocycles. The van der Waals surface area contributed by atoms with Gasteiger partial charge in [-0.25, -0.2) is 0 Å². The lowest BCUT2D eigenvalue weighted by molar-refractivity contribution is -0.195. The van der Waals surface area contributed by atoms with E-state index in [9.17, 15) is 5.11 Å². The van der Waals surface area contributed by atoms with Gasteiger partial charge in [0.25, 0.3) is 0 Å². The number of aliphatic hydroxyl groups is 1. The molecule has 16 heavy (non-hydrogen) atoms. The Balaban J connectivity index is 2.08. The molecule has 1 N–H and O–H groups in total. The third-order valence-electron chi connectivity index (χ3n) is 3.96. The maximum Gasteiger partial charge on any atom is 0.189 e. The normalized spacial score (nSPS) is 43.3. The minimum atomic E-state index is -0.627. The molecule has 4 atom stereocenters. The van der Waals surface area contributed by atoms with E-state index in [2.05, 4.69) is 6.92 Å². The highest BCUT2D eigenvalue weighted by atomic mass is 16.8. The van der Waals surface area contributed by atoms with Crippen molar-refractivity contribution < 1.29 is 19.3 Å². The number of hydrogen-bond acceptors (Lipinski definition) is 4. The smallest absolute Gasteiger partial charge is 0.189 e. The standard InChI is InChI=1S/C12H22O4/c1-5-12(3)15-8(10(14-4)16-12)9(13)11(2)6-7-11/h8-10,13H,5-7H2,1-4H3. The molecule has 94 valence electrons. The summed E-state index contributed by atoms with van der Waals surface area (Å²) < 4.78 is 16.8. The first-order valence-corrected chi connectivity index (χ1v) is 6.00. The maximum atomic E-state index is 10.3. The average Bonchev–Trinajstić information content (AvgIpc) is 2.92. The lowest BCUT2D eigenvalue weighted by Crippen LogP contribution is -2.41. The molecule has 2 aliphatic rings. The molecule has 4 nitrogen and oxygen atoms in total. The van der Waals surface area contributed by atoms with Crippen LogP contribution in [0.15, 0.2) is 0 Å². The van der Waals surface area contributed by atoms with Gasteiger partial charge in [0, 0.05) is 7.11 Å². The first-order chi connectivity index (χ1) is 7.44. The van der Waals surface area contributed by atoms with Crippen LogP contribution in [0.2, 0.25) is 0 Å². The molecule has 4 unspecified atom stereocenters. The fourth-order valence-corrected chi connectivity index (χ4v) is 2.14. The Morgan fingerprint density at radius 2 is 2.00 bits per heavy atom. The maximum absolute atomic E-state index is 10.3. The predicted octanol–water partition coefficient (Wildman–Crippen LogP) is 1.66. The Hall–Kier alpha value is -0.160. The van der Waals surface area contributed by atoms with Crippen LogP contribution in [-0.2, 0) is 14.2 Å². The van der Waals surface area contributed by atoms with Crippen molar-refractivity contribution in [3.05, 3.63) is 0 Å². The van der Waals surface area contributed by atoms with E-state index in [4.69, 9.17) is 14.2 Å². The largest absolute Gasteiger partial charge is 0.390 e. The van der Waals surface area contributed by atoms with Gasteiger partial charge in [-0.15, -0.1) is 0 Å². The fourth-order valence-electron chi connectivity index (χ4n) is 2.14. The van der Waals surface area contributed by atoms with Crippen molar-refractivity contribution in [1.29, 1.82) is 0 Å². The highest BCUT2D eigenvalue weighted by Gasteiger charge is 2.55. The summed E-state index contributed by atoms with van der Waals surface area (Å²) in [5.74, 6) is -0.627. The predicted molar refractivity (Wildman–Crippen MR) is 58.8 cm³/mol. The zero-order valence-electron chi connectivity index (χ0n) is 10.5. The summed E-state index contributed by atoms with van der Waals surface area (Å²) in [5.41, 5.74) is -0.0101. The molecule has 2 rings (SSSR count). The molecule has 4 heteroatoms. The minimum Gasteiger partial charge on any atom is -0.390 e. The summed E-state index contributed by atoms with van der Waals surface area (Å²) >= 11 is 0. The molecule has 0 bridgehead atoms. The minimum absolute atomic E-state index is 0.0101. The van der Waals surface area contributed by atoms with Gasteiger partial charge in [0.1, 0.15) is 6.10 Å². The van der Waals surface area contributed by atoms with Gasteiger partial charge in [-0.05, 0) is 31.6 Å². The van der Waals surface area contributed by atoms with E-state index in [-0.39, 0.29) is 11.5 Å². The molecule has 0 amide bonds. The molecule has 1 heterocycles. The molecule has 0 aromatic rings. The number of ether oxygens (including phenoxy) is 3. The molecular formula is C12H22O4. The Labute approximate surface area is 96.9 Å². The molecule has 1 saturated heterocycles. The quantitative estimate of drug-likeness (QED) is 0.798. The first-order valence-electron chi connectivity index (χ1n) is 6.00. The van der Waals surface area contributed by atoms with E-state index < -0.39 is 18.2 Å². The van der Waals surface area contributed by atoms with Crippen molar-refractivity contribution in [2.45, 2.75) is 64.3 Å². The SMILES string of the molecule is CCC1(C)OC(OC)C(C(O)C2(C)CC2)O1.